The van der Waals surface area contributed by atoms with Gasteiger partial charge in [0.15, 0.2) is 0 Å². The fourth-order valence-electron chi connectivity index (χ4n) is 1.72. The maximum absolute atomic E-state index is 13.1. The monoisotopic (exact) mass is 247 g/mol. The molecule has 4 heteroatoms. The van der Waals surface area contributed by atoms with Gasteiger partial charge in [0.1, 0.15) is 11.6 Å². The van der Waals surface area contributed by atoms with Gasteiger partial charge >= 0.3 is 0 Å². The maximum Gasteiger partial charge on any atom is 0.254 e. The van der Waals surface area contributed by atoms with Crippen LogP contribution in [0.15, 0.2) is 47.1 Å². The summed E-state index contributed by atoms with van der Waals surface area (Å²) in [5, 5.41) is 0. The number of nitrogens with zero attached hydrogens (tertiary/aromatic N) is 1. The van der Waals surface area contributed by atoms with E-state index in [0.717, 1.165) is 0 Å². The van der Waals surface area contributed by atoms with Crippen molar-refractivity contribution in [3.8, 4) is 0 Å². The predicted molar refractivity (Wildman–Crippen MR) is 65.6 cm³/mol. The Hall–Kier alpha value is -2.10. The van der Waals surface area contributed by atoms with Crippen molar-refractivity contribution >= 4 is 5.91 Å². The molecule has 3 nitrogen and oxygen atoms in total. The summed E-state index contributed by atoms with van der Waals surface area (Å²) in [5.74, 6) is 0.0422. The molecule has 1 unspecified atom stereocenters. The number of rotatable bonds is 3. The number of furan rings is 1. The number of carbonyl (C=O) groups excluding carboxylic acids is 1. The first-order chi connectivity index (χ1) is 8.59. The average molecular weight is 247 g/mol. The topological polar surface area (TPSA) is 33.5 Å². The second kappa shape index (κ2) is 5.04. The summed E-state index contributed by atoms with van der Waals surface area (Å²) < 4.78 is 18.3. The number of hydrogen-bond donors (Lipinski definition) is 0. The van der Waals surface area contributed by atoms with E-state index in [2.05, 4.69) is 0 Å². The van der Waals surface area contributed by atoms with E-state index < -0.39 is 5.82 Å². The first-order valence-electron chi connectivity index (χ1n) is 5.65. The Morgan fingerprint density at radius 1 is 1.33 bits per heavy atom. The van der Waals surface area contributed by atoms with Crippen molar-refractivity contribution in [2.75, 3.05) is 7.05 Å². The van der Waals surface area contributed by atoms with Gasteiger partial charge in [-0.15, -0.1) is 0 Å². The molecule has 0 aliphatic heterocycles. The molecule has 1 amide bonds. The quantitative estimate of drug-likeness (QED) is 0.834. The molecule has 1 aromatic carbocycles. The second-order valence-corrected chi connectivity index (χ2v) is 4.12. The fourth-order valence-corrected chi connectivity index (χ4v) is 1.72. The summed E-state index contributed by atoms with van der Waals surface area (Å²) in [7, 11) is 1.67. The van der Waals surface area contributed by atoms with Crippen molar-refractivity contribution in [2.24, 2.45) is 0 Å². The minimum Gasteiger partial charge on any atom is -0.467 e. The number of halogens is 1. The predicted octanol–water partition coefficient (Wildman–Crippen LogP) is 3.25. The summed E-state index contributed by atoms with van der Waals surface area (Å²) in [5.41, 5.74) is 0.330. The lowest BCUT2D eigenvalue weighted by Gasteiger charge is -2.23. The van der Waals surface area contributed by atoms with Crippen LogP contribution >= 0.6 is 0 Å². The third kappa shape index (κ3) is 2.42. The molecule has 2 aromatic rings. The summed E-state index contributed by atoms with van der Waals surface area (Å²) >= 11 is 0. The first-order valence-corrected chi connectivity index (χ1v) is 5.65. The highest BCUT2D eigenvalue weighted by Crippen LogP contribution is 2.21. The number of amides is 1. The van der Waals surface area contributed by atoms with Gasteiger partial charge in [-0.3, -0.25) is 4.79 Å². The number of hydrogen-bond acceptors (Lipinski definition) is 2. The smallest absolute Gasteiger partial charge is 0.254 e. The van der Waals surface area contributed by atoms with Crippen molar-refractivity contribution in [1.29, 1.82) is 0 Å². The summed E-state index contributed by atoms with van der Waals surface area (Å²) in [6, 6.07) is 9.04. The molecule has 0 spiro atoms. The summed E-state index contributed by atoms with van der Waals surface area (Å²) in [4.78, 5) is 13.7. The summed E-state index contributed by atoms with van der Waals surface area (Å²) in [6.07, 6.45) is 1.56. The molecule has 0 aliphatic rings. The molecule has 1 aromatic heterocycles. The third-order valence-electron chi connectivity index (χ3n) is 2.93. The SMILES string of the molecule is CC(c1ccco1)N(C)C(=O)c1cccc(F)c1. The highest BCUT2D eigenvalue weighted by atomic mass is 19.1. The van der Waals surface area contributed by atoms with E-state index in [1.165, 1.54) is 23.1 Å². The van der Waals surface area contributed by atoms with E-state index >= 15 is 0 Å². The maximum atomic E-state index is 13.1. The largest absolute Gasteiger partial charge is 0.467 e. The van der Waals surface area contributed by atoms with Crippen LogP contribution in [0.2, 0.25) is 0 Å². The van der Waals surface area contributed by atoms with E-state index in [-0.39, 0.29) is 11.9 Å². The average Bonchev–Trinajstić information content (AvgIpc) is 2.90. The second-order valence-electron chi connectivity index (χ2n) is 4.12. The Kier molecular flexibility index (Phi) is 3.46. The molecule has 0 aliphatic carbocycles. The van der Waals surface area contributed by atoms with Crippen molar-refractivity contribution in [1.82, 2.24) is 4.90 Å². The van der Waals surface area contributed by atoms with Crippen LogP contribution in [0.5, 0.6) is 0 Å². The Morgan fingerprint density at radius 3 is 2.72 bits per heavy atom. The van der Waals surface area contributed by atoms with Crippen molar-refractivity contribution in [3.63, 3.8) is 0 Å². The van der Waals surface area contributed by atoms with E-state index in [0.29, 0.717) is 11.3 Å². The minimum absolute atomic E-state index is 0.198. The highest BCUT2D eigenvalue weighted by Gasteiger charge is 2.20. The third-order valence-corrected chi connectivity index (χ3v) is 2.93. The zero-order valence-corrected chi connectivity index (χ0v) is 10.3. The molecular weight excluding hydrogens is 233 g/mol. The van der Waals surface area contributed by atoms with Crippen LogP contribution in [0.3, 0.4) is 0 Å². The molecule has 0 fully saturated rings. The van der Waals surface area contributed by atoms with E-state index in [1.54, 1.807) is 31.5 Å². The molecule has 0 N–H and O–H groups in total. The van der Waals surface area contributed by atoms with E-state index in [4.69, 9.17) is 4.42 Å². The number of carbonyl (C=O) groups is 1. The van der Waals surface area contributed by atoms with E-state index in [1.807, 2.05) is 6.92 Å². The Morgan fingerprint density at radius 2 is 2.11 bits per heavy atom. The lowest BCUT2D eigenvalue weighted by Crippen LogP contribution is -2.29. The molecule has 1 heterocycles. The lowest BCUT2D eigenvalue weighted by molar-refractivity contribution is 0.0725. The van der Waals surface area contributed by atoms with Gasteiger partial charge in [-0.1, -0.05) is 6.07 Å². The van der Waals surface area contributed by atoms with Crippen LogP contribution in [0.25, 0.3) is 0 Å². The Balaban J connectivity index is 2.19. The minimum atomic E-state index is -0.417. The summed E-state index contributed by atoms with van der Waals surface area (Å²) in [6.45, 7) is 1.86. The molecule has 0 saturated carbocycles. The number of benzene rings is 1. The van der Waals surface area contributed by atoms with Gasteiger partial charge in [0.05, 0.1) is 12.3 Å². The standard InChI is InChI=1S/C14H14FNO2/c1-10(13-7-4-8-18-13)16(2)14(17)11-5-3-6-12(15)9-11/h3-10H,1-2H3. The zero-order chi connectivity index (χ0) is 13.1. The molecule has 2 rings (SSSR count). The molecule has 0 bridgehead atoms. The molecular formula is C14H14FNO2. The van der Waals surface area contributed by atoms with Gasteiger partial charge in [0.25, 0.3) is 5.91 Å². The molecule has 94 valence electrons. The van der Waals surface area contributed by atoms with Crippen molar-refractivity contribution in [2.45, 2.75) is 13.0 Å². The van der Waals surface area contributed by atoms with Crippen molar-refractivity contribution in [3.05, 3.63) is 59.8 Å². The van der Waals surface area contributed by atoms with Gasteiger partial charge in [0.2, 0.25) is 0 Å². The van der Waals surface area contributed by atoms with Crippen LogP contribution in [0.4, 0.5) is 4.39 Å². The van der Waals surface area contributed by atoms with Crippen LogP contribution in [-0.2, 0) is 0 Å². The van der Waals surface area contributed by atoms with Crippen molar-refractivity contribution < 1.29 is 13.6 Å². The fraction of sp³-hybridized carbons (Fsp3) is 0.214. The Bertz CT molecular complexity index is 536. The normalized spacial score (nSPS) is 12.2. The van der Waals surface area contributed by atoms with Crippen LogP contribution in [-0.4, -0.2) is 17.9 Å². The zero-order valence-electron chi connectivity index (χ0n) is 10.3. The Labute approximate surface area is 105 Å². The van der Waals surface area contributed by atoms with Crippen LogP contribution in [0.1, 0.15) is 29.1 Å². The van der Waals surface area contributed by atoms with Gasteiger partial charge in [-0.05, 0) is 37.3 Å². The molecule has 0 saturated heterocycles. The van der Waals surface area contributed by atoms with Gasteiger partial charge in [-0.25, -0.2) is 4.39 Å². The highest BCUT2D eigenvalue weighted by molar-refractivity contribution is 5.94. The van der Waals surface area contributed by atoms with E-state index in [9.17, 15) is 9.18 Å². The molecule has 1 atom stereocenters. The van der Waals surface area contributed by atoms with Crippen LogP contribution < -0.4 is 0 Å². The first kappa shape index (κ1) is 12.4. The van der Waals surface area contributed by atoms with Gasteiger partial charge in [0, 0.05) is 12.6 Å². The molecule has 0 radical (unpaired) electrons. The van der Waals surface area contributed by atoms with Gasteiger partial charge in [-0.2, -0.15) is 0 Å². The van der Waals surface area contributed by atoms with Gasteiger partial charge < -0.3 is 9.32 Å². The van der Waals surface area contributed by atoms with Crippen LogP contribution in [0, 0.1) is 5.82 Å². The lowest BCUT2D eigenvalue weighted by atomic mass is 10.1. The molecule has 18 heavy (non-hydrogen) atoms.